The first-order chi connectivity index (χ1) is 13.2. The van der Waals surface area contributed by atoms with E-state index < -0.39 is 0 Å². The third-order valence-corrected chi connectivity index (χ3v) is 3.92. The molecule has 1 aromatic carbocycles. The summed E-state index contributed by atoms with van der Waals surface area (Å²) < 4.78 is 12.9. The molecule has 2 N–H and O–H groups in total. The molecule has 0 bridgehead atoms. The second-order valence-electron chi connectivity index (χ2n) is 6.20. The Kier molecular flexibility index (Phi) is 12.3. The molecule has 0 aliphatic heterocycles. The van der Waals surface area contributed by atoms with E-state index in [0.717, 1.165) is 43.3 Å². The Morgan fingerprint density at radius 1 is 1.25 bits per heavy atom. The van der Waals surface area contributed by atoms with Gasteiger partial charge in [0.05, 0.1) is 19.7 Å². The smallest absolute Gasteiger partial charge is 0.191 e. The lowest BCUT2D eigenvalue weighted by Crippen LogP contribution is -2.38. The number of halogens is 1. The molecule has 0 saturated heterocycles. The van der Waals surface area contributed by atoms with Crippen molar-refractivity contribution < 1.29 is 9.47 Å². The second kappa shape index (κ2) is 14.2. The quantitative estimate of drug-likeness (QED) is 0.215. The third-order valence-electron chi connectivity index (χ3n) is 3.92. The zero-order valence-corrected chi connectivity index (χ0v) is 19.3. The van der Waals surface area contributed by atoms with E-state index in [9.17, 15) is 0 Å². The van der Waals surface area contributed by atoms with Crippen LogP contribution in [-0.2, 0) is 17.8 Å². The van der Waals surface area contributed by atoms with Crippen LogP contribution in [0.2, 0.25) is 0 Å². The number of methoxy groups -OCH3 is 1. The first kappa shape index (κ1) is 24.2. The number of nitrogens with zero attached hydrogens (tertiary/aromatic N) is 3. The molecule has 156 valence electrons. The summed E-state index contributed by atoms with van der Waals surface area (Å²) in [6, 6.07) is 8.16. The highest BCUT2D eigenvalue weighted by Gasteiger charge is 2.05. The molecule has 28 heavy (non-hydrogen) atoms. The standard InChI is InChI=1S/C20H31N5O2.HI/c1-4-21-20(22-10-12-25-11-5-9-24-25)23-16-18-8-7-17(2)15-19(18)27-14-6-13-26-3;/h5,7-9,11,15H,4,6,10,12-14,16H2,1-3H3,(H2,21,22,23);1H. The maximum atomic E-state index is 5.94. The number of nitrogens with one attached hydrogen (secondary N) is 2. The number of hydrogen-bond donors (Lipinski definition) is 2. The zero-order valence-electron chi connectivity index (χ0n) is 17.0. The van der Waals surface area contributed by atoms with E-state index >= 15 is 0 Å². The van der Waals surface area contributed by atoms with Gasteiger partial charge in [-0.15, -0.1) is 24.0 Å². The number of guanidine groups is 1. The van der Waals surface area contributed by atoms with Crippen molar-refractivity contribution in [2.45, 2.75) is 33.4 Å². The molecular weight excluding hydrogens is 469 g/mol. The number of benzene rings is 1. The fraction of sp³-hybridized carbons (Fsp3) is 0.500. The minimum Gasteiger partial charge on any atom is -0.493 e. The van der Waals surface area contributed by atoms with Crippen LogP contribution in [-0.4, -0.2) is 49.2 Å². The molecule has 1 heterocycles. The summed E-state index contributed by atoms with van der Waals surface area (Å²) >= 11 is 0. The van der Waals surface area contributed by atoms with Crippen LogP contribution >= 0.6 is 24.0 Å². The van der Waals surface area contributed by atoms with E-state index in [-0.39, 0.29) is 24.0 Å². The average molecular weight is 501 g/mol. The maximum Gasteiger partial charge on any atom is 0.191 e. The van der Waals surface area contributed by atoms with Crippen molar-refractivity contribution in [3.8, 4) is 5.75 Å². The van der Waals surface area contributed by atoms with E-state index in [2.05, 4.69) is 47.8 Å². The van der Waals surface area contributed by atoms with E-state index in [0.29, 0.717) is 19.8 Å². The molecule has 8 heteroatoms. The van der Waals surface area contributed by atoms with Gasteiger partial charge in [0.25, 0.3) is 0 Å². The van der Waals surface area contributed by atoms with E-state index in [4.69, 9.17) is 14.5 Å². The highest BCUT2D eigenvalue weighted by atomic mass is 127. The van der Waals surface area contributed by atoms with Gasteiger partial charge in [-0.1, -0.05) is 12.1 Å². The van der Waals surface area contributed by atoms with Crippen LogP contribution < -0.4 is 15.4 Å². The van der Waals surface area contributed by atoms with Gasteiger partial charge in [0, 0.05) is 51.2 Å². The lowest BCUT2D eigenvalue weighted by Gasteiger charge is -2.14. The lowest BCUT2D eigenvalue weighted by atomic mass is 10.1. The Bertz CT molecular complexity index is 692. The van der Waals surface area contributed by atoms with Crippen molar-refractivity contribution in [3.05, 3.63) is 47.8 Å². The fourth-order valence-corrected chi connectivity index (χ4v) is 2.54. The van der Waals surface area contributed by atoms with Crippen LogP contribution in [0.3, 0.4) is 0 Å². The van der Waals surface area contributed by atoms with Crippen LogP contribution in [0.1, 0.15) is 24.5 Å². The van der Waals surface area contributed by atoms with Crippen LogP contribution in [0.4, 0.5) is 0 Å². The van der Waals surface area contributed by atoms with Crippen LogP contribution in [0.15, 0.2) is 41.7 Å². The topological polar surface area (TPSA) is 72.7 Å². The highest BCUT2D eigenvalue weighted by Crippen LogP contribution is 2.21. The first-order valence-corrected chi connectivity index (χ1v) is 9.43. The number of rotatable bonds is 11. The van der Waals surface area contributed by atoms with Crippen molar-refractivity contribution in [2.24, 2.45) is 4.99 Å². The van der Waals surface area contributed by atoms with Gasteiger partial charge in [-0.2, -0.15) is 5.10 Å². The Morgan fingerprint density at radius 2 is 2.11 bits per heavy atom. The molecule has 2 rings (SSSR count). The Labute approximate surface area is 184 Å². The summed E-state index contributed by atoms with van der Waals surface area (Å²) in [5.41, 5.74) is 2.25. The Morgan fingerprint density at radius 3 is 2.82 bits per heavy atom. The van der Waals surface area contributed by atoms with E-state index in [1.165, 1.54) is 5.56 Å². The van der Waals surface area contributed by atoms with Crippen molar-refractivity contribution in [2.75, 3.05) is 33.4 Å². The molecule has 0 amide bonds. The van der Waals surface area contributed by atoms with Gasteiger partial charge in [-0.3, -0.25) is 4.68 Å². The molecule has 0 atom stereocenters. The van der Waals surface area contributed by atoms with Crippen molar-refractivity contribution in [1.29, 1.82) is 0 Å². The number of aromatic nitrogens is 2. The molecule has 0 spiro atoms. The summed E-state index contributed by atoms with van der Waals surface area (Å²) in [6.07, 6.45) is 4.60. The third kappa shape index (κ3) is 8.92. The van der Waals surface area contributed by atoms with Gasteiger partial charge in [-0.25, -0.2) is 4.99 Å². The SMILES string of the molecule is CCNC(=NCc1ccc(C)cc1OCCCOC)NCCn1cccn1.I. The predicted molar refractivity (Wildman–Crippen MR) is 124 cm³/mol. The number of aryl methyl sites for hydroxylation is 1. The largest absolute Gasteiger partial charge is 0.493 e. The number of aliphatic imine (C=N–C) groups is 1. The average Bonchev–Trinajstić information content (AvgIpc) is 3.18. The molecule has 7 nitrogen and oxygen atoms in total. The second-order valence-corrected chi connectivity index (χ2v) is 6.20. The van der Waals surface area contributed by atoms with Crippen molar-refractivity contribution in [1.82, 2.24) is 20.4 Å². The molecule has 0 aliphatic carbocycles. The molecule has 0 aliphatic rings. The van der Waals surface area contributed by atoms with Gasteiger partial charge in [0.15, 0.2) is 5.96 Å². The van der Waals surface area contributed by atoms with E-state index in [1.807, 2.05) is 16.9 Å². The van der Waals surface area contributed by atoms with Crippen LogP contribution in [0.5, 0.6) is 5.75 Å². The molecule has 0 fully saturated rings. The van der Waals surface area contributed by atoms with Gasteiger partial charge < -0.3 is 20.1 Å². The van der Waals surface area contributed by atoms with Gasteiger partial charge in [-0.05, 0) is 31.5 Å². The zero-order chi connectivity index (χ0) is 19.3. The van der Waals surface area contributed by atoms with Crippen molar-refractivity contribution >= 4 is 29.9 Å². The van der Waals surface area contributed by atoms with Crippen LogP contribution in [0.25, 0.3) is 0 Å². The number of hydrogen-bond acceptors (Lipinski definition) is 4. The highest BCUT2D eigenvalue weighted by molar-refractivity contribution is 14.0. The molecule has 0 unspecified atom stereocenters. The Balaban J connectivity index is 0.00000392. The summed E-state index contributed by atoms with van der Waals surface area (Å²) in [6.45, 7) is 8.35. The minimum atomic E-state index is 0. The summed E-state index contributed by atoms with van der Waals surface area (Å²) in [5.74, 6) is 1.68. The predicted octanol–water partition coefficient (Wildman–Crippen LogP) is 2.98. The van der Waals surface area contributed by atoms with Crippen molar-refractivity contribution in [3.63, 3.8) is 0 Å². The fourth-order valence-electron chi connectivity index (χ4n) is 2.54. The lowest BCUT2D eigenvalue weighted by molar-refractivity contribution is 0.172. The molecular formula is C20H32IN5O2. The van der Waals surface area contributed by atoms with Crippen LogP contribution in [0, 0.1) is 6.92 Å². The molecule has 0 saturated carbocycles. The van der Waals surface area contributed by atoms with Gasteiger partial charge in [0.2, 0.25) is 0 Å². The first-order valence-electron chi connectivity index (χ1n) is 9.43. The maximum absolute atomic E-state index is 5.94. The summed E-state index contributed by atoms with van der Waals surface area (Å²) in [5, 5.41) is 10.8. The Hall–Kier alpha value is -1.81. The molecule has 0 radical (unpaired) electrons. The van der Waals surface area contributed by atoms with E-state index in [1.54, 1.807) is 13.3 Å². The summed E-state index contributed by atoms with van der Waals surface area (Å²) in [7, 11) is 1.70. The minimum absolute atomic E-state index is 0. The summed E-state index contributed by atoms with van der Waals surface area (Å²) in [4.78, 5) is 4.70. The molecule has 2 aromatic rings. The normalized spacial score (nSPS) is 11.0. The monoisotopic (exact) mass is 501 g/mol. The number of ether oxygens (including phenoxy) is 2. The molecule has 1 aromatic heterocycles. The van der Waals surface area contributed by atoms with Gasteiger partial charge >= 0.3 is 0 Å². The van der Waals surface area contributed by atoms with Gasteiger partial charge in [0.1, 0.15) is 5.75 Å².